The molecule has 5 heteroatoms. The summed E-state index contributed by atoms with van der Waals surface area (Å²) in [5.74, 6) is 1.04. The van der Waals surface area contributed by atoms with Crippen LogP contribution in [0.4, 0.5) is 0 Å². The molecule has 0 spiro atoms. The van der Waals surface area contributed by atoms with Gasteiger partial charge in [0.05, 0.1) is 20.6 Å². The minimum absolute atomic E-state index is 0.915. The number of hydrogen-bond acceptors (Lipinski definition) is 4. The Labute approximate surface area is 202 Å². The van der Waals surface area contributed by atoms with E-state index in [-0.39, 0.29) is 0 Å². The Morgan fingerprint density at radius 3 is 2.65 bits per heavy atom. The van der Waals surface area contributed by atoms with E-state index in [0.717, 1.165) is 45.2 Å². The first-order chi connectivity index (χ1) is 16.7. The molecule has 5 aromatic heterocycles. The Kier molecular flexibility index (Phi) is 3.50. The van der Waals surface area contributed by atoms with Crippen molar-refractivity contribution in [3.8, 4) is 10.6 Å². The molecule has 0 unspecified atom stereocenters. The number of furan rings is 2. The fourth-order valence-electron chi connectivity index (χ4n) is 5.73. The Morgan fingerprint density at radius 2 is 1.79 bits per heavy atom. The summed E-state index contributed by atoms with van der Waals surface area (Å²) >= 11 is 3.58. The topological polar surface area (TPSA) is 31.2 Å². The standard InChI is InChI=1S/C29H19NO2S2/c1-4-8-15-22(5-2)33-29-25(15)30(3)24-19-13-20-16(12-21(19)32-27(24)29)17-11-18-14-9-6-7-10-23(14)34-28(18)26(17)31-20/h4-10,12-13H,2,11H2,1,3H3/b8-4-. The van der Waals surface area contributed by atoms with Crippen molar-refractivity contribution in [1.29, 1.82) is 0 Å². The third kappa shape index (κ3) is 2.13. The highest BCUT2D eigenvalue weighted by Crippen LogP contribution is 2.51. The number of aromatic nitrogens is 1. The lowest BCUT2D eigenvalue weighted by molar-refractivity contribution is 0.633. The number of rotatable bonds is 2. The first kappa shape index (κ1) is 18.8. The van der Waals surface area contributed by atoms with Gasteiger partial charge in [-0.3, -0.25) is 0 Å². The Bertz CT molecular complexity index is 2030. The van der Waals surface area contributed by atoms with E-state index >= 15 is 0 Å². The van der Waals surface area contributed by atoms with Gasteiger partial charge in [0, 0.05) is 44.9 Å². The van der Waals surface area contributed by atoms with E-state index in [0.29, 0.717) is 0 Å². The molecule has 0 bridgehead atoms. The van der Waals surface area contributed by atoms with Crippen LogP contribution in [0.15, 0.2) is 57.9 Å². The summed E-state index contributed by atoms with van der Waals surface area (Å²) in [4.78, 5) is 2.45. The molecule has 1 aliphatic rings. The molecule has 34 heavy (non-hydrogen) atoms. The van der Waals surface area contributed by atoms with Crippen LogP contribution in [0.5, 0.6) is 0 Å². The molecule has 8 rings (SSSR count). The summed E-state index contributed by atoms with van der Waals surface area (Å²) in [6.07, 6.45) is 7.09. The van der Waals surface area contributed by atoms with Gasteiger partial charge in [0.1, 0.15) is 16.9 Å². The number of aryl methyl sites for hydroxylation is 1. The maximum absolute atomic E-state index is 6.54. The first-order valence-electron chi connectivity index (χ1n) is 11.4. The summed E-state index contributed by atoms with van der Waals surface area (Å²) in [6, 6.07) is 13.0. The van der Waals surface area contributed by atoms with Crippen LogP contribution in [0, 0.1) is 0 Å². The largest absolute Gasteiger partial charge is 0.455 e. The van der Waals surface area contributed by atoms with Gasteiger partial charge < -0.3 is 13.4 Å². The fourth-order valence-corrected chi connectivity index (χ4v) is 8.12. The van der Waals surface area contributed by atoms with Crippen molar-refractivity contribution >= 4 is 88.2 Å². The molecular weight excluding hydrogens is 458 g/mol. The van der Waals surface area contributed by atoms with Gasteiger partial charge in [0.15, 0.2) is 5.58 Å². The maximum atomic E-state index is 6.54. The van der Waals surface area contributed by atoms with Crippen molar-refractivity contribution in [1.82, 2.24) is 4.57 Å². The summed E-state index contributed by atoms with van der Waals surface area (Å²) in [6.45, 7) is 6.07. The van der Waals surface area contributed by atoms with Gasteiger partial charge in [0.2, 0.25) is 0 Å². The summed E-state index contributed by atoms with van der Waals surface area (Å²) in [7, 11) is 2.13. The third-order valence-corrected chi connectivity index (χ3v) is 9.58. The lowest BCUT2D eigenvalue weighted by Gasteiger charge is -2.00. The van der Waals surface area contributed by atoms with Gasteiger partial charge in [-0.05, 0) is 36.1 Å². The van der Waals surface area contributed by atoms with Crippen LogP contribution in [0.25, 0.3) is 76.1 Å². The number of benzene rings is 2. The minimum Gasteiger partial charge on any atom is -0.455 e. The van der Waals surface area contributed by atoms with E-state index < -0.39 is 0 Å². The fraction of sp³-hybridized carbons (Fsp3) is 0.103. The second-order valence-corrected chi connectivity index (χ2v) is 11.0. The van der Waals surface area contributed by atoms with Crippen LogP contribution in [-0.2, 0) is 13.5 Å². The van der Waals surface area contributed by atoms with Gasteiger partial charge >= 0.3 is 0 Å². The number of hydrogen-bond donors (Lipinski definition) is 0. The van der Waals surface area contributed by atoms with Gasteiger partial charge in [-0.15, -0.1) is 22.7 Å². The lowest BCUT2D eigenvalue weighted by atomic mass is 10.1. The molecule has 7 aromatic rings. The van der Waals surface area contributed by atoms with Crippen LogP contribution in [0.3, 0.4) is 0 Å². The highest BCUT2D eigenvalue weighted by molar-refractivity contribution is 7.22. The van der Waals surface area contributed by atoms with Crippen molar-refractivity contribution in [2.24, 2.45) is 7.05 Å². The molecule has 0 fully saturated rings. The first-order valence-corrected chi connectivity index (χ1v) is 13.0. The molecule has 5 heterocycles. The van der Waals surface area contributed by atoms with Crippen LogP contribution in [-0.4, -0.2) is 4.57 Å². The number of allylic oxidation sites excluding steroid dienone is 1. The number of fused-ring (bicyclic) bond motifs is 12. The molecule has 0 amide bonds. The lowest BCUT2D eigenvalue weighted by Crippen LogP contribution is -1.88. The molecule has 3 nitrogen and oxygen atoms in total. The normalized spacial score (nSPS) is 13.5. The van der Waals surface area contributed by atoms with Crippen molar-refractivity contribution in [3.05, 3.63) is 70.6 Å². The summed E-state index contributed by atoms with van der Waals surface area (Å²) in [5, 5.41) is 3.61. The number of thiophene rings is 2. The van der Waals surface area contributed by atoms with Crippen molar-refractivity contribution < 1.29 is 8.83 Å². The van der Waals surface area contributed by atoms with Crippen molar-refractivity contribution in [3.63, 3.8) is 0 Å². The second kappa shape index (κ2) is 6.32. The smallest absolute Gasteiger partial charge is 0.171 e. The van der Waals surface area contributed by atoms with E-state index in [4.69, 9.17) is 8.83 Å². The zero-order chi connectivity index (χ0) is 22.7. The quantitative estimate of drug-likeness (QED) is 0.248. The van der Waals surface area contributed by atoms with E-state index in [9.17, 15) is 0 Å². The highest BCUT2D eigenvalue weighted by Gasteiger charge is 2.30. The zero-order valence-electron chi connectivity index (χ0n) is 18.7. The average molecular weight is 478 g/mol. The molecule has 0 atom stereocenters. The summed E-state index contributed by atoms with van der Waals surface area (Å²) < 4.78 is 17.8. The van der Waals surface area contributed by atoms with E-state index in [1.165, 1.54) is 46.7 Å². The maximum Gasteiger partial charge on any atom is 0.171 e. The van der Waals surface area contributed by atoms with Gasteiger partial charge in [0.25, 0.3) is 0 Å². The van der Waals surface area contributed by atoms with E-state index in [2.05, 4.69) is 66.7 Å². The van der Waals surface area contributed by atoms with Crippen LogP contribution >= 0.6 is 22.7 Å². The molecule has 2 aromatic carbocycles. The van der Waals surface area contributed by atoms with Gasteiger partial charge in [-0.1, -0.05) is 43.0 Å². The predicted octanol–water partition coefficient (Wildman–Crippen LogP) is 9.35. The minimum atomic E-state index is 0.915. The Hall–Kier alpha value is -3.54. The monoisotopic (exact) mass is 477 g/mol. The summed E-state index contributed by atoms with van der Waals surface area (Å²) in [5.41, 5.74) is 9.02. The molecular formula is C29H19NO2S2. The Morgan fingerprint density at radius 1 is 0.971 bits per heavy atom. The molecule has 0 aliphatic heterocycles. The van der Waals surface area contributed by atoms with Crippen LogP contribution in [0.1, 0.15) is 28.5 Å². The van der Waals surface area contributed by atoms with Gasteiger partial charge in [-0.2, -0.15) is 0 Å². The molecule has 0 saturated carbocycles. The van der Waals surface area contributed by atoms with Crippen LogP contribution in [0.2, 0.25) is 0 Å². The van der Waals surface area contributed by atoms with Crippen molar-refractivity contribution in [2.75, 3.05) is 0 Å². The molecule has 0 N–H and O–H groups in total. The average Bonchev–Trinajstić information content (AvgIpc) is 3.64. The molecule has 0 saturated heterocycles. The molecule has 0 radical (unpaired) electrons. The molecule has 164 valence electrons. The van der Waals surface area contributed by atoms with Crippen molar-refractivity contribution in [2.45, 2.75) is 13.3 Å². The SMILES string of the molecule is C=Cc1sc2c3oc4cc5c6c(oc5cc4c3n(C)c2c1/C=C\C)-c1sc2ccccc2c1C6. The van der Waals surface area contributed by atoms with Crippen LogP contribution < -0.4 is 0 Å². The number of nitrogens with zero attached hydrogens (tertiary/aromatic N) is 1. The molecule has 1 aliphatic carbocycles. The highest BCUT2D eigenvalue weighted by atomic mass is 32.1. The van der Waals surface area contributed by atoms with E-state index in [1.54, 1.807) is 11.3 Å². The zero-order valence-corrected chi connectivity index (χ0v) is 20.3. The van der Waals surface area contributed by atoms with Gasteiger partial charge in [-0.25, -0.2) is 0 Å². The third-order valence-electron chi connectivity index (χ3n) is 7.18. The van der Waals surface area contributed by atoms with E-state index in [1.807, 2.05) is 24.3 Å². The Balaban J connectivity index is 1.42. The predicted molar refractivity (Wildman–Crippen MR) is 146 cm³/mol. The second-order valence-electron chi connectivity index (χ2n) is 8.94.